The Morgan fingerprint density at radius 3 is 2.58 bits per heavy atom. The molecule has 0 aliphatic heterocycles. The van der Waals surface area contributed by atoms with Gasteiger partial charge in [-0.2, -0.15) is 0 Å². The zero-order valence-electron chi connectivity index (χ0n) is 19.1. The molecule has 0 aliphatic rings. The molecule has 1 atom stereocenters. The summed E-state index contributed by atoms with van der Waals surface area (Å²) >= 11 is 1.37. The molecule has 0 amide bonds. The number of fused-ring (bicyclic) bond motifs is 3. The highest BCUT2D eigenvalue weighted by atomic mass is 32.2. The SMILES string of the molecule is C=CCn1c(=O)c2ccccc2n2c(SC[C@@H](O)COc3ccc(C(C)(C)C)cc3)nnc12. The van der Waals surface area contributed by atoms with E-state index in [0.717, 1.165) is 11.3 Å². The van der Waals surface area contributed by atoms with Gasteiger partial charge in [-0.25, -0.2) is 0 Å². The third-order valence-electron chi connectivity index (χ3n) is 5.36. The van der Waals surface area contributed by atoms with Crippen LogP contribution in [-0.2, 0) is 12.0 Å². The van der Waals surface area contributed by atoms with Crippen LogP contribution in [0.25, 0.3) is 16.7 Å². The molecule has 8 heteroatoms. The molecule has 7 nitrogen and oxygen atoms in total. The van der Waals surface area contributed by atoms with E-state index >= 15 is 0 Å². The normalized spacial score (nSPS) is 12.8. The van der Waals surface area contributed by atoms with Crippen molar-refractivity contribution in [2.75, 3.05) is 12.4 Å². The lowest BCUT2D eigenvalue weighted by molar-refractivity contribution is 0.126. The zero-order chi connectivity index (χ0) is 23.6. The number of nitrogens with zero attached hydrogens (tertiary/aromatic N) is 4. The lowest BCUT2D eigenvalue weighted by Crippen LogP contribution is -2.23. The minimum Gasteiger partial charge on any atom is -0.491 e. The van der Waals surface area contributed by atoms with Gasteiger partial charge in [0.25, 0.3) is 5.56 Å². The second kappa shape index (κ2) is 9.41. The van der Waals surface area contributed by atoms with Crippen LogP contribution in [0, 0.1) is 0 Å². The van der Waals surface area contributed by atoms with Gasteiger partial charge in [0.05, 0.1) is 17.0 Å². The molecule has 4 aromatic rings. The van der Waals surface area contributed by atoms with Crippen molar-refractivity contribution >= 4 is 28.4 Å². The first-order valence-electron chi connectivity index (χ1n) is 10.8. The van der Waals surface area contributed by atoms with Crippen LogP contribution in [0.15, 0.2) is 71.1 Å². The summed E-state index contributed by atoms with van der Waals surface area (Å²) in [5.74, 6) is 1.54. The summed E-state index contributed by atoms with van der Waals surface area (Å²) in [7, 11) is 0. The van der Waals surface area contributed by atoms with Gasteiger partial charge in [-0.1, -0.05) is 62.9 Å². The van der Waals surface area contributed by atoms with Crippen LogP contribution in [0.4, 0.5) is 0 Å². The van der Waals surface area contributed by atoms with E-state index in [2.05, 4.69) is 37.5 Å². The van der Waals surface area contributed by atoms with E-state index in [-0.39, 0.29) is 17.6 Å². The number of aromatic nitrogens is 4. The molecule has 4 rings (SSSR count). The van der Waals surface area contributed by atoms with E-state index < -0.39 is 6.10 Å². The molecule has 2 aromatic heterocycles. The topological polar surface area (TPSA) is 81.7 Å². The average molecular weight is 465 g/mol. The van der Waals surface area contributed by atoms with Crippen LogP contribution in [0.1, 0.15) is 26.3 Å². The summed E-state index contributed by atoms with van der Waals surface area (Å²) in [5, 5.41) is 20.2. The molecule has 1 N–H and O–H groups in total. The van der Waals surface area contributed by atoms with Crippen molar-refractivity contribution in [3.63, 3.8) is 0 Å². The Labute approximate surface area is 196 Å². The van der Waals surface area contributed by atoms with E-state index in [1.165, 1.54) is 17.3 Å². The molecule has 0 fully saturated rings. The van der Waals surface area contributed by atoms with Crippen LogP contribution in [0.5, 0.6) is 5.75 Å². The van der Waals surface area contributed by atoms with Gasteiger partial charge in [-0.3, -0.25) is 13.8 Å². The largest absolute Gasteiger partial charge is 0.491 e. The molecule has 0 unspecified atom stereocenters. The summed E-state index contributed by atoms with van der Waals surface area (Å²) in [4.78, 5) is 12.9. The van der Waals surface area contributed by atoms with E-state index in [1.807, 2.05) is 46.9 Å². The molecule has 2 heterocycles. The van der Waals surface area contributed by atoms with Crippen LogP contribution < -0.4 is 10.3 Å². The number of ether oxygens (including phenoxy) is 1. The maximum Gasteiger partial charge on any atom is 0.263 e. The number of rotatable bonds is 8. The molecule has 33 heavy (non-hydrogen) atoms. The molecule has 172 valence electrons. The first kappa shape index (κ1) is 23.1. The minimum absolute atomic E-state index is 0.0799. The molecular weight excluding hydrogens is 436 g/mol. The lowest BCUT2D eigenvalue weighted by Gasteiger charge is -2.19. The van der Waals surface area contributed by atoms with E-state index in [1.54, 1.807) is 16.7 Å². The van der Waals surface area contributed by atoms with Crippen LogP contribution in [0.3, 0.4) is 0 Å². The number of para-hydroxylation sites is 1. The number of aliphatic hydroxyl groups excluding tert-OH is 1. The Kier molecular flexibility index (Phi) is 6.58. The smallest absolute Gasteiger partial charge is 0.263 e. The second-order valence-corrected chi connectivity index (χ2v) is 9.88. The Morgan fingerprint density at radius 1 is 1.15 bits per heavy atom. The second-order valence-electron chi connectivity index (χ2n) is 8.89. The van der Waals surface area contributed by atoms with Gasteiger partial charge < -0.3 is 9.84 Å². The standard InChI is InChI=1S/C25H28N4O3S/c1-5-14-28-22(31)20-8-6-7-9-21(20)29-23(28)26-27-24(29)33-16-18(30)15-32-19-12-10-17(11-13-19)25(2,3)4/h5-13,18,30H,1,14-16H2,2-4H3/t18-/m0/s1. The van der Waals surface area contributed by atoms with Crippen molar-refractivity contribution in [2.45, 2.75) is 44.0 Å². The highest BCUT2D eigenvalue weighted by Crippen LogP contribution is 2.25. The van der Waals surface area contributed by atoms with Gasteiger partial charge in [0.2, 0.25) is 5.78 Å². The number of allylic oxidation sites excluding steroid dienone is 1. The van der Waals surface area contributed by atoms with Gasteiger partial charge in [-0.05, 0) is 35.2 Å². The summed E-state index contributed by atoms with van der Waals surface area (Å²) in [6, 6.07) is 15.3. The van der Waals surface area contributed by atoms with E-state index in [0.29, 0.717) is 28.6 Å². The molecule has 0 bridgehead atoms. The van der Waals surface area contributed by atoms with Gasteiger partial charge in [0.1, 0.15) is 12.4 Å². The monoisotopic (exact) mass is 464 g/mol. The average Bonchev–Trinajstić information content (AvgIpc) is 3.23. The first-order chi connectivity index (χ1) is 15.8. The predicted molar refractivity (Wildman–Crippen MR) is 132 cm³/mol. The van der Waals surface area contributed by atoms with E-state index in [4.69, 9.17) is 4.74 Å². The number of aliphatic hydroxyl groups is 1. The van der Waals surface area contributed by atoms with Crippen molar-refractivity contribution in [3.8, 4) is 5.75 Å². The molecule has 0 saturated carbocycles. The third kappa shape index (κ3) is 4.82. The summed E-state index contributed by atoms with van der Waals surface area (Å²) in [6.07, 6.45) is 0.960. The van der Waals surface area contributed by atoms with Crippen molar-refractivity contribution < 1.29 is 9.84 Å². The Balaban J connectivity index is 1.49. The maximum atomic E-state index is 12.9. The Morgan fingerprint density at radius 2 is 1.88 bits per heavy atom. The Bertz CT molecular complexity index is 1340. The number of thioether (sulfide) groups is 1. The fourth-order valence-electron chi connectivity index (χ4n) is 3.58. The third-order valence-corrected chi connectivity index (χ3v) is 6.43. The molecular formula is C25H28N4O3S. The van der Waals surface area contributed by atoms with Crippen molar-refractivity contribution in [1.82, 2.24) is 19.2 Å². The molecule has 2 aromatic carbocycles. The number of hydrogen-bond acceptors (Lipinski definition) is 6. The van der Waals surface area contributed by atoms with E-state index in [9.17, 15) is 9.90 Å². The van der Waals surface area contributed by atoms with Crippen molar-refractivity contribution in [1.29, 1.82) is 0 Å². The first-order valence-corrected chi connectivity index (χ1v) is 11.8. The summed E-state index contributed by atoms with van der Waals surface area (Å²) in [5.41, 5.74) is 1.91. The fourth-order valence-corrected chi connectivity index (χ4v) is 4.43. The molecule has 0 aliphatic carbocycles. The van der Waals surface area contributed by atoms with Crippen LogP contribution in [0.2, 0.25) is 0 Å². The molecule has 0 radical (unpaired) electrons. The van der Waals surface area contributed by atoms with Gasteiger partial charge in [0, 0.05) is 12.3 Å². The maximum absolute atomic E-state index is 12.9. The highest BCUT2D eigenvalue weighted by molar-refractivity contribution is 7.99. The van der Waals surface area contributed by atoms with Crippen molar-refractivity contribution in [2.24, 2.45) is 0 Å². The van der Waals surface area contributed by atoms with Crippen LogP contribution >= 0.6 is 11.8 Å². The Hall–Kier alpha value is -3.10. The fraction of sp³-hybridized carbons (Fsp3) is 0.320. The van der Waals surface area contributed by atoms with Crippen LogP contribution in [-0.4, -0.2) is 42.7 Å². The quantitative estimate of drug-likeness (QED) is 0.313. The summed E-state index contributed by atoms with van der Waals surface area (Å²) < 4.78 is 9.17. The minimum atomic E-state index is -0.699. The lowest BCUT2D eigenvalue weighted by atomic mass is 9.87. The van der Waals surface area contributed by atoms with Gasteiger partial charge in [-0.15, -0.1) is 16.8 Å². The number of benzene rings is 2. The number of hydrogen-bond donors (Lipinski definition) is 1. The molecule has 0 saturated heterocycles. The van der Waals surface area contributed by atoms with Gasteiger partial charge >= 0.3 is 0 Å². The predicted octanol–water partition coefficient (Wildman–Crippen LogP) is 4.06. The molecule has 0 spiro atoms. The van der Waals surface area contributed by atoms with Gasteiger partial charge in [0.15, 0.2) is 5.16 Å². The van der Waals surface area contributed by atoms with Crippen molar-refractivity contribution in [3.05, 3.63) is 77.1 Å². The zero-order valence-corrected chi connectivity index (χ0v) is 19.9. The highest BCUT2D eigenvalue weighted by Gasteiger charge is 2.18. The summed E-state index contributed by atoms with van der Waals surface area (Å²) in [6.45, 7) is 10.7.